The number of nitrogens with two attached hydrogens (primary N) is 1. The molecule has 0 saturated heterocycles. The largest absolute Gasteiger partial charge is 0.383 e. The second kappa shape index (κ2) is 6.92. The number of carbonyl (C=O) groups is 1. The summed E-state index contributed by atoms with van der Waals surface area (Å²) in [6, 6.07) is 4.15. The van der Waals surface area contributed by atoms with Crippen molar-refractivity contribution in [1.82, 2.24) is 19.9 Å². The van der Waals surface area contributed by atoms with Crippen LogP contribution in [-0.2, 0) is 18.4 Å². The summed E-state index contributed by atoms with van der Waals surface area (Å²) in [6.45, 7) is 8.04. The summed E-state index contributed by atoms with van der Waals surface area (Å²) in [5.74, 6) is 0.262. The van der Waals surface area contributed by atoms with Gasteiger partial charge in [0.15, 0.2) is 0 Å². The standard InChI is InChI=1S/C19H20BrN5O/c1-5-13(26)22-8-12-6-10(2)14(11(3)7-12)17-16(20)15-18(21)23-9-24-19(15)25(17)4/h5-7,9H,1,8H2,2-4H3,(H,22,26)(H2,21,23,24). The highest BCUT2D eigenvalue weighted by molar-refractivity contribution is 9.10. The van der Waals surface area contributed by atoms with Gasteiger partial charge in [0.25, 0.3) is 0 Å². The Kier molecular flexibility index (Phi) is 4.82. The second-order valence-corrected chi connectivity index (χ2v) is 7.00. The minimum atomic E-state index is -0.185. The lowest BCUT2D eigenvalue weighted by Gasteiger charge is -2.15. The lowest BCUT2D eigenvalue weighted by Crippen LogP contribution is -2.20. The molecule has 0 atom stereocenters. The third-order valence-corrected chi connectivity index (χ3v) is 5.19. The van der Waals surface area contributed by atoms with Gasteiger partial charge in [0, 0.05) is 19.2 Å². The van der Waals surface area contributed by atoms with Gasteiger partial charge in [0.2, 0.25) is 5.91 Å². The van der Waals surface area contributed by atoms with Crippen LogP contribution in [0.25, 0.3) is 22.3 Å². The summed E-state index contributed by atoms with van der Waals surface area (Å²) in [5, 5.41) is 3.62. The topological polar surface area (TPSA) is 85.8 Å². The predicted octanol–water partition coefficient (Wildman–Crippen LogP) is 3.40. The van der Waals surface area contributed by atoms with Crippen LogP contribution in [0.1, 0.15) is 16.7 Å². The molecular weight excluding hydrogens is 394 g/mol. The first kappa shape index (κ1) is 18.1. The van der Waals surface area contributed by atoms with Gasteiger partial charge in [0.05, 0.1) is 15.6 Å². The van der Waals surface area contributed by atoms with Gasteiger partial charge in [-0.1, -0.05) is 18.7 Å². The SMILES string of the molecule is C=CC(=O)NCc1cc(C)c(-c2c(Br)c3c(N)ncnc3n2C)c(C)c1. The molecule has 1 aromatic carbocycles. The van der Waals surface area contributed by atoms with Gasteiger partial charge in [-0.25, -0.2) is 9.97 Å². The van der Waals surface area contributed by atoms with E-state index >= 15 is 0 Å². The Balaban J connectivity index is 2.13. The maximum absolute atomic E-state index is 11.4. The maximum Gasteiger partial charge on any atom is 0.243 e. The summed E-state index contributed by atoms with van der Waals surface area (Å²) in [4.78, 5) is 19.9. The number of benzene rings is 1. The number of nitrogens with one attached hydrogen (secondary N) is 1. The van der Waals surface area contributed by atoms with E-state index in [4.69, 9.17) is 5.73 Å². The second-order valence-electron chi connectivity index (χ2n) is 6.21. The molecule has 0 aliphatic rings. The van der Waals surface area contributed by atoms with Crippen molar-refractivity contribution in [2.75, 3.05) is 5.73 Å². The quantitative estimate of drug-likeness (QED) is 0.641. The number of amides is 1. The molecule has 6 nitrogen and oxygen atoms in total. The minimum Gasteiger partial charge on any atom is -0.383 e. The van der Waals surface area contributed by atoms with Crippen LogP contribution in [0.15, 0.2) is 35.6 Å². The van der Waals surface area contributed by atoms with Crippen LogP contribution in [0.3, 0.4) is 0 Å². The molecule has 0 spiro atoms. The Bertz CT molecular complexity index is 1020. The average Bonchev–Trinajstić information content (AvgIpc) is 2.85. The highest BCUT2D eigenvalue weighted by Gasteiger charge is 2.21. The van der Waals surface area contributed by atoms with E-state index in [1.807, 2.05) is 11.6 Å². The molecule has 3 N–H and O–H groups in total. The van der Waals surface area contributed by atoms with E-state index in [2.05, 4.69) is 63.8 Å². The van der Waals surface area contributed by atoms with Gasteiger partial charge < -0.3 is 15.6 Å². The zero-order chi connectivity index (χ0) is 19.0. The maximum atomic E-state index is 11.4. The van der Waals surface area contributed by atoms with E-state index in [1.165, 1.54) is 12.4 Å². The molecule has 0 radical (unpaired) electrons. The molecular formula is C19H20BrN5O. The van der Waals surface area contributed by atoms with Crippen LogP contribution in [0.5, 0.6) is 0 Å². The zero-order valence-corrected chi connectivity index (χ0v) is 16.5. The van der Waals surface area contributed by atoms with Crippen LogP contribution in [0.4, 0.5) is 5.82 Å². The van der Waals surface area contributed by atoms with Crippen LogP contribution in [0, 0.1) is 13.8 Å². The van der Waals surface area contributed by atoms with Crippen molar-refractivity contribution in [1.29, 1.82) is 0 Å². The van der Waals surface area contributed by atoms with Crippen molar-refractivity contribution in [2.45, 2.75) is 20.4 Å². The number of nitrogens with zero attached hydrogens (tertiary/aromatic N) is 3. The third-order valence-electron chi connectivity index (χ3n) is 4.42. The number of hydrogen-bond donors (Lipinski definition) is 2. The van der Waals surface area contributed by atoms with Gasteiger partial charge in [-0.05, 0) is 52.5 Å². The molecule has 0 aliphatic carbocycles. The summed E-state index contributed by atoms with van der Waals surface area (Å²) in [5.41, 5.74) is 12.2. The van der Waals surface area contributed by atoms with Crippen molar-refractivity contribution in [3.8, 4) is 11.3 Å². The molecule has 0 saturated carbocycles. The molecule has 3 aromatic rings. The smallest absolute Gasteiger partial charge is 0.243 e. The predicted molar refractivity (Wildman–Crippen MR) is 108 cm³/mol. The number of carbonyl (C=O) groups excluding carboxylic acids is 1. The van der Waals surface area contributed by atoms with Crippen LogP contribution >= 0.6 is 15.9 Å². The van der Waals surface area contributed by atoms with E-state index in [9.17, 15) is 4.79 Å². The summed E-state index contributed by atoms with van der Waals surface area (Å²) in [7, 11) is 1.96. The van der Waals surface area contributed by atoms with Gasteiger partial charge in [-0.15, -0.1) is 0 Å². The zero-order valence-electron chi connectivity index (χ0n) is 14.9. The Morgan fingerprint density at radius 3 is 2.58 bits per heavy atom. The van der Waals surface area contributed by atoms with Crippen molar-refractivity contribution >= 4 is 38.7 Å². The van der Waals surface area contributed by atoms with Gasteiger partial charge >= 0.3 is 0 Å². The summed E-state index contributed by atoms with van der Waals surface area (Å²) < 4.78 is 2.90. The Morgan fingerprint density at radius 2 is 2.00 bits per heavy atom. The highest BCUT2D eigenvalue weighted by Crippen LogP contribution is 2.41. The minimum absolute atomic E-state index is 0.185. The van der Waals surface area contributed by atoms with Crippen molar-refractivity contribution in [3.05, 3.63) is 52.3 Å². The molecule has 0 unspecified atom stereocenters. The fraction of sp³-hybridized carbons (Fsp3) is 0.211. The number of aryl methyl sites for hydroxylation is 3. The van der Waals surface area contributed by atoms with Crippen molar-refractivity contribution < 1.29 is 4.79 Å². The summed E-state index contributed by atoms with van der Waals surface area (Å²) >= 11 is 3.69. The molecule has 0 bridgehead atoms. The molecule has 2 heterocycles. The van der Waals surface area contributed by atoms with Crippen molar-refractivity contribution in [2.24, 2.45) is 7.05 Å². The van der Waals surface area contributed by atoms with Crippen LogP contribution in [0.2, 0.25) is 0 Å². The third kappa shape index (κ3) is 2.99. The Hall–Kier alpha value is -2.67. The first-order valence-electron chi connectivity index (χ1n) is 8.10. The Labute approximate surface area is 160 Å². The Morgan fingerprint density at radius 1 is 1.35 bits per heavy atom. The number of nitrogen functional groups attached to an aromatic ring is 1. The van der Waals surface area contributed by atoms with Gasteiger partial charge in [0.1, 0.15) is 17.8 Å². The lowest BCUT2D eigenvalue weighted by atomic mass is 9.96. The fourth-order valence-corrected chi connectivity index (χ4v) is 4.14. The number of halogens is 1. The number of hydrogen-bond acceptors (Lipinski definition) is 4. The molecule has 1 amide bonds. The normalized spacial score (nSPS) is 10.9. The molecule has 3 rings (SSSR count). The molecule has 0 aliphatic heterocycles. The first-order chi connectivity index (χ1) is 12.3. The van der Waals surface area contributed by atoms with E-state index in [1.54, 1.807) is 0 Å². The van der Waals surface area contributed by atoms with Crippen LogP contribution in [-0.4, -0.2) is 20.4 Å². The number of rotatable bonds is 4. The summed E-state index contributed by atoms with van der Waals surface area (Å²) in [6.07, 6.45) is 2.74. The number of fused-ring (bicyclic) bond motifs is 1. The molecule has 134 valence electrons. The number of anilines is 1. The molecule has 0 fully saturated rings. The van der Waals surface area contributed by atoms with Crippen LogP contribution < -0.4 is 11.1 Å². The van der Waals surface area contributed by atoms with Gasteiger partial charge in [-0.3, -0.25) is 4.79 Å². The van der Waals surface area contributed by atoms with E-state index in [-0.39, 0.29) is 5.91 Å². The lowest BCUT2D eigenvalue weighted by molar-refractivity contribution is -0.116. The van der Waals surface area contributed by atoms with E-state index in [0.717, 1.165) is 43.5 Å². The highest BCUT2D eigenvalue weighted by atomic mass is 79.9. The molecule has 26 heavy (non-hydrogen) atoms. The van der Waals surface area contributed by atoms with Gasteiger partial charge in [-0.2, -0.15) is 0 Å². The van der Waals surface area contributed by atoms with E-state index in [0.29, 0.717) is 12.4 Å². The first-order valence-corrected chi connectivity index (χ1v) is 8.89. The molecule has 7 heteroatoms. The monoisotopic (exact) mass is 413 g/mol. The fourth-order valence-electron chi connectivity index (χ4n) is 3.29. The van der Waals surface area contributed by atoms with E-state index < -0.39 is 0 Å². The van der Waals surface area contributed by atoms with Crippen molar-refractivity contribution in [3.63, 3.8) is 0 Å². The average molecular weight is 414 g/mol. The molecule has 2 aromatic heterocycles. The number of aromatic nitrogens is 3.